The van der Waals surface area contributed by atoms with E-state index in [4.69, 9.17) is 27.9 Å². The average molecular weight is 621 g/mol. The number of aryl methyl sites for hydroxylation is 1. The van der Waals surface area contributed by atoms with Gasteiger partial charge < -0.3 is 15.0 Å². The van der Waals surface area contributed by atoms with Crippen molar-refractivity contribution in [3.8, 4) is 5.75 Å². The molecule has 0 aromatic heterocycles. The standard InChI is InChI=1S/C30H35Cl2N3O5S/c1-5-6-16-33-30(37)22(3)34(19-23-13-14-25(31)26(32)18-23)29(36)20-35(27-17-21(2)12-15-28(27)40-4)41(38,39)24-10-8-7-9-11-24/h7-15,17-18,22H,5-6,16,19-20H2,1-4H3,(H,33,37). The maximum atomic E-state index is 14.1. The van der Waals surface area contributed by atoms with E-state index in [1.54, 1.807) is 61.5 Å². The van der Waals surface area contributed by atoms with Crippen molar-refractivity contribution >= 4 is 50.7 Å². The van der Waals surface area contributed by atoms with Gasteiger partial charge in [0.25, 0.3) is 10.0 Å². The summed E-state index contributed by atoms with van der Waals surface area (Å²) in [5, 5.41) is 3.51. The van der Waals surface area contributed by atoms with E-state index in [1.165, 1.54) is 24.1 Å². The molecule has 1 atom stereocenters. The molecule has 0 saturated heterocycles. The van der Waals surface area contributed by atoms with Crippen molar-refractivity contribution in [3.63, 3.8) is 0 Å². The van der Waals surface area contributed by atoms with Crippen molar-refractivity contribution in [2.45, 2.75) is 51.1 Å². The number of rotatable bonds is 13. The molecular formula is C30H35Cl2N3O5S. The molecule has 8 nitrogen and oxygen atoms in total. The number of ether oxygens (including phenoxy) is 1. The average Bonchev–Trinajstić information content (AvgIpc) is 2.96. The summed E-state index contributed by atoms with van der Waals surface area (Å²) >= 11 is 12.3. The van der Waals surface area contributed by atoms with Gasteiger partial charge in [0.05, 0.1) is 27.7 Å². The molecule has 0 aliphatic heterocycles. The van der Waals surface area contributed by atoms with Gasteiger partial charge in [-0.2, -0.15) is 0 Å². The molecule has 0 fully saturated rings. The Morgan fingerprint density at radius 2 is 1.71 bits per heavy atom. The Morgan fingerprint density at radius 3 is 2.34 bits per heavy atom. The molecule has 0 spiro atoms. The first-order chi connectivity index (χ1) is 19.5. The summed E-state index contributed by atoms with van der Waals surface area (Å²) in [6.45, 7) is 5.32. The number of anilines is 1. The van der Waals surface area contributed by atoms with Crippen LogP contribution in [-0.4, -0.2) is 51.4 Å². The predicted octanol–water partition coefficient (Wildman–Crippen LogP) is 5.84. The van der Waals surface area contributed by atoms with E-state index in [1.807, 2.05) is 13.8 Å². The number of unbranched alkanes of at least 4 members (excludes halogenated alkanes) is 1. The molecule has 1 N–H and O–H groups in total. The van der Waals surface area contributed by atoms with Crippen LogP contribution in [0.2, 0.25) is 10.0 Å². The Morgan fingerprint density at radius 1 is 1.00 bits per heavy atom. The van der Waals surface area contributed by atoms with Crippen LogP contribution >= 0.6 is 23.2 Å². The summed E-state index contributed by atoms with van der Waals surface area (Å²) in [5.74, 6) is -0.654. The van der Waals surface area contributed by atoms with Gasteiger partial charge in [-0.1, -0.05) is 66.9 Å². The molecule has 11 heteroatoms. The summed E-state index contributed by atoms with van der Waals surface area (Å²) < 4.78 is 34.5. The van der Waals surface area contributed by atoms with Gasteiger partial charge in [-0.05, 0) is 67.8 Å². The van der Waals surface area contributed by atoms with Gasteiger partial charge in [0.15, 0.2) is 0 Å². The minimum absolute atomic E-state index is 0.00225. The van der Waals surface area contributed by atoms with Crippen LogP contribution in [0.1, 0.15) is 37.8 Å². The van der Waals surface area contributed by atoms with Gasteiger partial charge in [0.1, 0.15) is 18.3 Å². The smallest absolute Gasteiger partial charge is 0.264 e. The second-order valence-electron chi connectivity index (χ2n) is 9.59. The summed E-state index contributed by atoms with van der Waals surface area (Å²) in [6.07, 6.45) is 1.68. The first-order valence-electron chi connectivity index (χ1n) is 13.2. The van der Waals surface area contributed by atoms with E-state index in [0.717, 1.165) is 22.7 Å². The lowest BCUT2D eigenvalue weighted by Crippen LogP contribution is -2.51. The third kappa shape index (κ3) is 8.15. The van der Waals surface area contributed by atoms with Gasteiger partial charge in [0, 0.05) is 13.1 Å². The van der Waals surface area contributed by atoms with Crippen molar-refractivity contribution in [1.29, 1.82) is 0 Å². The minimum Gasteiger partial charge on any atom is -0.495 e. The zero-order valence-corrected chi connectivity index (χ0v) is 25.9. The molecule has 0 bridgehead atoms. The molecular weight excluding hydrogens is 585 g/mol. The van der Waals surface area contributed by atoms with Crippen molar-refractivity contribution in [2.75, 3.05) is 24.5 Å². The largest absolute Gasteiger partial charge is 0.495 e. The van der Waals surface area contributed by atoms with Crippen molar-refractivity contribution < 1.29 is 22.7 Å². The van der Waals surface area contributed by atoms with Crippen LogP contribution in [0.4, 0.5) is 5.69 Å². The molecule has 0 aliphatic rings. The summed E-state index contributed by atoms with van der Waals surface area (Å²) in [4.78, 5) is 28.5. The van der Waals surface area contributed by atoms with Crippen molar-refractivity contribution in [1.82, 2.24) is 10.2 Å². The minimum atomic E-state index is -4.21. The third-order valence-electron chi connectivity index (χ3n) is 6.55. The van der Waals surface area contributed by atoms with Gasteiger partial charge >= 0.3 is 0 Å². The first-order valence-corrected chi connectivity index (χ1v) is 15.4. The van der Waals surface area contributed by atoms with E-state index >= 15 is 0 Å². The molecule has 3 aromatic carbocycles. The Balaban J connectivity index is 2.07. The summed E-state index contributed by atoms with van der Waals surface area (Å²) in [5.41, 5.74) is 1.61. The van der Waals surface area contributed by atoms with Crippen LogP contribution in [0, 0.1) is 6.92 Å². The van der Waals surface area contributed by atoms with E-state index < -0.39 is 28.5 Å². The fourth-order valence-electron chi connectivity index (χ4n) is 4.18. The van der Waals surface area contributed by atoms with Gasteiger partial charge in [-0.15, -0.1) is 0 Å². The monoisotopic (exact) mass is 619 g/mol. The van der Waals surface area contributed by atoms with Crippen LogP contribution in [0.15, 0.2) is 71.6 Å². The van der Waals surface area contributed by atoms with Gasteiger partial charge in [-0.25, -0.2) is 8.42 Å². The van der Waals surface area contributed by atoms with E-state index in [9.17, 15) is 18.0 Å². The summed E-state index contributed by atoms with van der Waals surface area (Å²) in [6, 6.07) is 17.0. The fourth-order valence-corrected chi connectivity index (χ4v) is 5.94. The highest BCUT2D eigenvalue weighted by molar-refractivity contribution is 7.92. The van der Waals surface area contributed by atoms with Crippen molar-refractivity contribution in [3.05, 3.63) is 87.9 Å². The SMILES string of the molecule is CCCCNC(=O)C(C)N(Cc1ccc(Cl)c(Cl)c1)C(=O)CN(c1cc(C)ccc1OC)S(=O)(=O)c1ccccc1. The number of methoxy groups -OCH3 is 1. The molecule has 0 heterocycles. The van der Waals surface area contributed by atoms with Crippen LogP contribution in [0.5, 0.6) is 5.75 Å². The predicted molar refractivity (Wildman–Crippen MR) is 163 cm³/mol. The molecule has 1 unspecified atom stereocenters. The Labute approximate surface area is 252 Å². The van der Waals surface area contributed by atoms with Crippen molar-refractivity contribution in [2.24, 2.45) is 0 Å². The Kier molecular flexibility index (Phi) is 11.5. The Bertz CT molecular complexity index is 1470. The highest BCUT2D eigenvalue weighted by Gasteiger charge is 2.33. The van der Waals surface area contributed by atoms with Crippen LogP contribution in [0.3, 0.4) is 0 Å². The van der Waals surface area contributed by atoms with E-state index in [0.29, 0.717) is 22.2 Å². The van der Waals surface area contributed by atoms with Crippen LogP contribution < -0.4 is 14.4 Å². The van der Waals surface area contributed by atoms with Gasteiger partial charge in [0.2, 0.25) is 11.8 Å². The number of nitrogens with one attached hydrogen (secondary N) is 1. The lowest BCUT2D eigenvalue weighted by molar-refractivity contribution is -0.139. The number of carbonyl (C=O) groups is 2. The van der Waals surface area contributed by atoms with Crippen LogP contribution in [-0.2, 0) is 26.2 Å². The fraction of sp³-hybridized carbons (Fsp3) is 0.333. The number of hydrogen-bond acceptors (Lipinski definition) is 5. The zero-order chi connectivity index (χ0) is 30.2. The molecule has 3 rings (SSSR count). The maximum Gasteiger partial charge on any atom is 0.264 e. The molecule has 2 amide bonds. The molecule has 41 heavy (non-hydrogen) atoms. The number of benzene rings is 3. The number of hydrogen-bond donors (Lipinski definition) is 1. The topological polar surface area (TPSA) is 96.0 Å². The molecule has 0 saturated carbocycles. The lowest BCUT2D eigenvalue weighted by atomic mass is 10.1. The van der Waals surface area contributed by atoms with Crippen LogP contribution in [0.25, 0.3) is 0 Å². The Hall–Kier alpha value is -3.27. The number of sulfonamides is 1. The highest BCUT2D eigenvalue weighted by atomic mass is 35.5. The van der Waals surface area contributed by atoms with E-state index in [2.05, 4.69) is 5.32 Å². The highest BCUT2D eigenvalue weighted by Crippen LogP contribution is 2.34. The molecule has 0 radical (unpaired) electrons. The quantitative estimate of drug-likeness (QED) is 0.243. The molecule has 3 aromatic rings. The van der Waals surface area contributed by atoms with E-state index in [-0.39, 0.29) is 28.8 Å². The summed E-state index contributed by atoms with van der Waals surface area (Å²) in [7, 11) is -2.78. The number of carbonyl (C=O) groups excluding carboxylic acids is 2. The number of halogens is 2. The second-order valence-corrected chi connectivity index (χ2v) is 12.3. The lowest BCUT2D eigenvalue weighted by Gasteiger charge is -2.32. The molecule has 220 valence electrons. The molecule has 0 aliphatic carbocycles. The number of amides is 2. The van der Waals surface area contributed by atoms with Gasteiger partial charge in [-0.3, -0.25) is 13.9 Å². The normalized spacial score (nSPS) is 12.0. The third-order valence-corrected chi connectivity index (χ3v) is 9.06. The second kappa shape index (κ2) is 14.6. The maximum absolute atomic E-state index is 14.1. The number of nitrogens with zero attached hydrogens (tertiary/aromatic N) is 2. The zero-order valence-electron chi connectivity index (χ0n) is 23.6. The first kappa shape index (κ1) is 32.2.